The molecule has 2 atom stereocenters. The lowest BCUT2D eigenvalue weighted by Crippen LogP contribution is -2.48. The lowest BCUT2D eigenvalue weighted by atomic mass is 9.89. The summed E-state index contributed by atoms with van der Waals surface area (Å²) >= 11 is 1.58. The highest BCUT2D eigenvalue weighted by atomic mass is 32.2. The van der Waals surface area contributed by atoms with Crippen molar-refractivity contribution in [2.45, 2.75) is 19.3 Å². The van der Waals surface area contributed by atoms with Gasteiger partial charge in [-0.1, -0.05) is 0 Å². The molecule has 1 N–H and O–H groups in total. The van der Waals surface area contributed by atoms with Gasteiger partial charge in [0.1, 0.15) is 0 Å². The van der Waals surface area contributed by atoms with E-state index in [0.717, 1.165) is 26.1 Å². The lowest BCUT2D eigenvalue weighted by molar-refractivity contribution is -0.131. The van der Waals surface area contributed by atoms with Crippen molar-refractivity contribution in [2.75, 3.05) is 51.3 Å². The van der Waals surface area contributed by atoms with Gasteiger partial charge in [0.15, 0.2) is 0 Å². The first-order chi connectivity index (χ1) is 9.22. The normalized spacial score (nSPS) is 28.8. The molecular formula is C14H26N2O2S. The summed E-state index contributed by atoms with van der Waals surface area (Å²) in [5, 5.41) is 9.44. The van der Waals surface area contributed by atoms with E-state index in [9.17, 15) is 9.90 Å². The van der Waals surface area contributed by atoms with E-state index in [0.29, 0.717) is 11.7 Å². The summed E-state index contributed by atoms with van der Waals surface area (Å²) in [4.78, 5) is 16.5. The Kier molecular flexibility index (Phi) is 5.98. The Morgan fingerprint density at radius 1 is 1.26 bits per heavy atom. The van der Waals surface area contributed by atoms with Gasteiger partial charge < -0.3 is 14.9 Å². The molecule has 0 aromatic carbocycles. The molecule has 0 saturated carbocycles. The van der Waals surface area contributed by atoms with Crippen LogP contribution in [-0.4, -0.2) is 72.2 Å². The van der Waals surface area contributed by atoms with Gasteiger partial charge >= 0.3 is 0 Å². The molecule has 110 valence electrons. The summed E-state index contributed by atoms with van der Waals surface area (Å²) in [6.45, 7) is 5.34. The van der Waals surface area contributed by atoms with Gasteiger partial charge in [-0.15, -0.1) is 0 Å². The number of piperidine rings is 1. The maximum atomic E-state index is 12.1. The standard InChI is InChI=1S/C14H26N2O2S/c1-19-11-14(18)16-8-12(6-13(9-16)10-17)7-15-4-2-3-5-15/h12-13,17H,2-11H2,1H3/t12-,13+/m1/s1. The zero-order valence-corrected chi connectivity index (χ0v) is 12.7. The number of aliphatic hydroxyl groups is 1. The number of carbonyl (C=O) groups is 1. The van der Waals surface area contributed by atoms with Crippen LogP contribution in [0.2, 0.25) is 0 Å². The maximum Gasteiger partial charge on any atom is 0.232 e. The summed E-state index contributed by atoms with van der Waals surface area (Å²) in [5.41, 5.74) is 0. The van der Waals surface area contributed by atoms with Gasteiger partial charge in [0.05, 0.1) is 5.75 Å². The fourth-order valence-electron chi connectivity index (χ4n) is 3.33. The molecule has 4 nitrogen and oxygen atoms in total. The van der Waals surface area contributed by atoms with Crippen LogP contribution >= 0.6 is 11.8 Å². The molecule has 0 aromatic rings. The average molecular weight is 286 g/mol. The van der Waals surface area contributed by atoms with E-state index in [1.54, 1.807) is 11.8 Å². The predicted molar refractivity (Wildman–Crippen MR) is 79.3 cm³/mol. The van der Waals surface area contributed by atoms with E-state index < -0.39 is 0 Å². The largest absolute Gasteiger partial charge is 0.396 e. The summed E-state index contributed by atoms with van der Waals surface area (Å²) in [6, 6.07) is 0. The first-order valence-electron chi connectivity index (χ1n) is 7.33. The number of hydrogen-bond donors (Lipinski definition) is 1. The summed E-state index contributed by atoms with van der Waals surface area (Å²) in [5.74, 6) is 1.60. The molecule has 2 heterocycles. The average Bonchev–Trinajstić information content (AvgIpc) is 2.91. The smallest absolute Gasteiger partial charge is 0.232 e. The second-order valence-corrected chi connectivity index (χ2v) is 6.76. The summed E-state index contributed by atoms with van der Waals surface area (Å²) < 4.78 is 0. The van der Waals surface area contributed by atoms with E-state index in [-0.39, 0.29) is 18.4 Å². The molecule has 1 amide bonds. The van der Waals surface area contributed by atoms with Gasteiger partial charge in [0.25, 0.3) is 0 Å². The maximum absolute atomic E-state index is 12.1. The third-order valence-corrected chi connectivity index (χ3v) is 4.75. The highest BCUT2D eigenvalue weighted by Gasteiger charge is 2.30. The molecule has 0 aliphatic carbocycles. The van der Waals surface area contributed by atoms with E-state index in [1.165, 1.54) is 25.9 Å². The van der Waals surface area contributed by atoms with Gasteiger partial charge in [-0.3, -0.25) is 4.79 Å². The number of thioether (sulfide) groups is 1. The van der Waals surface area contributed by atoms with Crippen LogP contribution in [0.4, 0.5) is 0 Å². The Balaban J connectivity index is 1.89. The van der Waals surface area contributed by atoms with Crippen LogP contribution in [-0.2, 0) is 4.79 Å². The Morgan fingerprint density at radius 2 is 1.95 bits per heavy atom. The molecule has 0 bridgehead atoms. The molecule has 2 saturated heterocycles. The minimum absolute atomic E-state index is 0.208. The van der Waals surface area contributed by atoms with Gasteiger partial charge in [-0.2, -0.15) is 11.8 Å². The van der Waals surface area contributed by atoms with Gasteiger partial charge in [-0.05, 0) is 50.4 Å². The van der Waals surface area contributed by atoms with Crippen molar-refractivity contribution in [1.82, 2.24) is 9.80 Å². The van der Waals surface area contributed by atoms with Crippen molar-refractivity contribution in [3.63, 3.8) is 0 Å². The van der Waals surface area contributed by atoms with Crippen LogP contribution in [0.5, 0.6) is 0 Å². The second-order valence-electron chi connectivity index (χ2n) is 5.89. The van der Waals surface area contributed by atoms with Crippen molar-refractivity contribution < 1.29 is 9.90 Å². The molecule has 0 aromatic heterocycles. The third-order valence-electron chi connectivity index (χ3n) is 4.22. The Morgan fingerprint density at radius 3 is 2.58 bits per heavy atom. The van der Waals surface area contributed by atoms with Gasteiger partial charge in [0.2, 0.25) is 5.91 Å². The summed E-state index contributed by atoms with van der Waals surface area (Å²) in [6.07, 6.45) is 5.65. The van der Waals surface area contributed by atoms with E-state index in [4.69, 9.17) is 0 Å². The fourth-order valence-corrected chi connectivity index (χ4v) is 3.76. The minimum atomic E-state index is 0.208. The molecule has 5 heteroatoms. The van der Waals surface area contributed by atoms with E-state index in [2.05, 4.69) is 4.90 Å². The lowest BCUT2D eigenvalue weighted by Gasteiger charge is -2.38. The number of likely N-dealkylation sites (tertiary alicyclic amines) is 2. The van der Waals surface area contributed by atoms with E-state index >= 15 is 0 Å². The second kappa shape index (κ2) is 7.50. The number of hydrogen-bond acceptors (Lipinski definition) is 4. The summed E-state index contributed by atoms with van der Waals surface area (Å²) in [7, 11) is 0. The molecule has 2 aliphatic rings. The number of nitrogens with zero attached hydrogens (tertiary/aromatic N) is 2. The zero-order valence-electron chi connectivity index (χ0n) is 11.9. The third kappa shape index (κ3) is 4.36. The Hall–Kier alpha value is -0.260. The van der Waals surface area contributed by atoms with Gasteiger partial charge in [-0.25, -0.2) is 0 Å². The number of aliphatic hydroxyl groups excluding tert-OH is 1. The van der Waals surface area contributed by atoms with Crippen LogP contribution in [0.25, 0.3) is 0 Å². The predicted octanol–water partition coefficient (Wildman–Crippen LogP) is 0.902. The number of amides is 1. The van der Waals surface area contributed by atoms with Gasteiger partial charge in [0, 0.05) is 26.2 Å². The van der Waals surface area contributed by atoms with Crippen molar-refractivity contribution in [2.24, 2.45) is 11.8 Å². The zero-order chi connectivity index (χ0) is 13.7. The van der Waals surface area contributed by atoms with Crippen LogP contribution in [0, 0.1) is 11.8 Å². The Bertz CT molecular complexity index is 295. The molecule has 2 fully saturated rings. The van der Waals surface area contributed by atoms with Crippen LogP contribution < -0.4 is 0 Å². The van der Waals surface area contributed by atoms with E-state index in [1.807, 2.05) is 11.2 Å². The fraction of sp³-hybridized carbons (Fsp3) is 0.929. The highest BCUT2D eigenvalue weighted by Crippen LogP contribution is 2.24. The van der Waals surface area contributed by atoms with Crippen molar-refractivity contribution in [1.29, 1.82) is 0 Å². The van der Waals surface area contributed by atoms with Crippen molar-refractivity contribution >= 4 is 17.7 Å². The molecule has 0 unspecified atom stereocenters. The first-order valence-corrected chi connectivity index (χ1v) is 8.72. The number of carbonyl (C=O) groups excluding carboxylic acids is 1. The SMILES string of the molecule is CSCC(=O)N1C[C@@H](CN2CCCC2)C[C@H](CO)C1. The molecule has 0 spiro atoms. The van der Waals surface area contributed by atoms with Crippen molar-refractivity contribution in [3.05, 3.63) is 0 Å². The molecule has 0 radical (unpaired) electrons. The van der Waals surface area contributed by atoms with Crippen molar-refractivity contribution in [3.8, 4) is 0 Å². The molecular weight excluding hydrogens is 260 g/mol. The Labute approximate surface area is 120 Å². The van der Waals surface area contributed by atoms with Crippen LogP contribution in [0.15, 0.2) is 0 Å². The van der Waals surface area contributed by atoms with Crippen LogP contribution in [0.3, 0.4) is 0 Å². The quantitative estimate of drug-likeness (QED) is 0.815. The molecule has 19 heavy (non-hydrogen) atoms. The number of rotatable bonds is 5. The highest BCUT2D eigenvalue weighted by molar-refractivity contribution is 7.99. The molecule has 2 aliphatic heterocycles. The monoisotopic (exact) mass is 286 g/mol. The first kappa shape index (κ1) is 15.1. The van der Waals surface area contributed by atoms with Crippen LogP contribution in [0.1, 0.15) is 19.3 Å². The topological polar surface area (TPSA) is 43.8 Å². The molecule has 2 rings (SSSR count). The minimum Gasteiger partial charge on any atom is -0.396 e.